The molecule has 1 amide bonds. The summed E-state index contributed by atoms with van der Waals surface area (Å²) in [5, 5.41) is 10.2. The zero-order valence-electron chi connectivity index (χ0n) is 13.6. The second-order valence-electron chi connectivity index (χ2n) is 6.14. The van der Waals surface area contributed by atoms with Gasteiger partial charge in [-0.05, 0) is 11.4 Å². The molecule has 2 atom stereocenters. The van der Waals surface area contributed by atoms with Crippen molar-refractivity contribution in [3.8, 4) is 0 Å². The Morgan fingerprint density at radius 1 is 1.48 bits per heavy atom. The first-order chi connectivity index (χ1) is 11.1. The monoisotopic (exact) mass is 335 g/mol. The van der Waals surface area contributed by atoms with Crippen LogP contribution in [0.15, 0.2) is 21.9 Å². The minimum Gasteiger partial charge on any atom is -0.425 e. The molecule has 0 spiro atoms. The first kappa shape index (κ1) is 16.1. The van der Waals surface area contributed by atoms with E-state index in [2.05, 4.69) is 10.2 Å². The molecule has 3 heterocycles. The van der Waals surface area contributed by atoms with Gasteiger partial charge in [0.2, 0.25) is 11.8 Å². The van der Waals surface area contributed by atoms with Crippen molar-refractivity contribution in [2.75, 3.05) is 26.8 Å². The molecule has 0 bridgehead atoms. The van der Waals surface area contributed by atoms with E-state index in [1.54, 1.807) is 7.11 Å². The second kappa shape index (κ2) is 6.80. The van der Waals surface area contributed by atoms with Gasteiger partial charge in [-0.3, -0.25) is 4.79 Å². The van der Waals surface area contributed by atoms with Crippen LogP contribution in [0.1, 0.15) is 47.1 Å². The van der Waals surface area contributed by atoms with E-state index in [0.717, 1.165) is 4.88 Å². The number of thiophene rings is 1. The van der Waals surface area contributed by atoms with E-state index < -0.39 is 0 Å². The molecule has 2 aromatic heterocycles. The number of ether oxygens (including phenoxy) is 1. The number of nitrogens with zero attached hydrogens (tertiary/aromatic N) is 3. The third-order valence-electron chi connectivity index (χ3n) is 4.11. The summed E-state index contributed by atoms with van der Waals surface area (Å²) >= 11 is 1.46. The van der Waals surface area contributed by atoms with Crippen molar-refractivity contribution in [2.45, 2.75) is 25.7 Å². The molecule has 7 heteroatoms. The van der Waals surface area contributed by atoms with Gasteiger partial charge in [0.05, 0.1) is 17.4 Å². The van der Waals surface area contributed by atoms with Crippen LogP contribution in [0.25, 0.3) is 0 Å². The summed E-state index contributed by atoms with van der Waals surface area (Å²) in [6.45, 7) is 5.84. The molecule has 3 rings (SSSR count). The molecule has 0 radical (unpaired) electrons. The number of likely N-dealkylation sites (tertiary alicyclic amines) is 1. The zero-order chi connectivity index (χ0) is 16.4. The third-order valence-corrected chi connectivity index (χ3v) is 4.97. The maximum absolute atomic E-state index is 12.6. The molecular formula is C16H21N3O3S. The Balaban J connectivity index is 1.79. The van der Waals surface area contributed by atoms with Crippen LogP contribution in [0.3, 0.4) is 0 Å². The van der Waals surface area contributed by atoms with Gasteiger partial charge in [-0.25, -0.2) is 0 Å². The molecular weight excluding hydrogens is 314 g/mol. The third kappa shape index (κ3) is 3.30. The van der Waals surface area contributed by atoms with Crippen LogP contribution in [0.4, 0.5) is 0 Å². The molecule has 0 aromatic carbocycles. The Kier molecular flexibility index (Phi) is 4.77. The van der Waals surface area contributed by atoms with Gasteiger partial charge in [-0.1, -0.05) is 19.9 Å². The van der Waals surface area contributed by atoms with Gasteiger partial charge in [0.1, 0.15) is 0 Å². The molecule has 2 aromatic rings. The van der Waals surface area contributed by atoms with Gasteiger partial charge in [-0.2, -0.15) is 0 Å². The average molecular weight is 335 g/mol. The number of hydrogen-bond acceptors (Lipinski definition) is 6. The number of hydrogen-bond donors (Lipinski definition) is 0. The van der Waals surface area contributed by atoms with Crippen molar-refractivity contribution < 1.29 is 13.9 Å². The van der Waals surface area contributed by atoms with Gasteiger partial charge in [0.15, 0.2) is 0 Å². The minimum atomic E-state index is 0.0267. The van der Waals surface area contributed by atoms with Crippen LogP contribution < -0.4 is 0 Å². The molecule has 0 unspecified atom stereocenters. The van der Waals surface area contributed by atoms with Crippen molar-refractivity contribution >= 4 is 17.2 Å². The lowest BCUT2D eigenvalue weighted by atomic mass is 9.97. The maximum Gasteiger partial charge on any atom is 0.263 e. The Labute approximate surface area is 139 Å². The van der Waals surface area contributed by atoms with Crippen LogP contribution in [-0.2, 0) is 4.74 Å². The summed E-state index contributed by atoms with van der Waals surface area (Å²) in [4.78, 5) is 15.2. The quantitative estimate of drug-likeness (QED) is 0.840. The summed E-state index contributed by atoms with van der Waals surface area (Å²) in [5.74, 6) is 1.70. The van der Waals surface area contributed by atoms with Crippen molar-refractivity contribution in [3.05, 3.63) is 34.2 Å². The normalized spacial score (nSPS) is 21.3. The lowest BCUT2D eigenvalue weighted by molar-refractivity contribution is 0.0780. The standard InChI is InChI=1S/C16H21N3O3S/c1-10(2)14-17-18-15(22-14)12-8-19(7-11(12)9-21-3)16(20)13-5-4-6-23-13/h4-6,10-12H,7-9H2,1-3H3/t11-,12+/m0/s1. The summed E-state index contributed by atoms with van der Waals surface area (Å²) in [6, 6.07) is 3.75. The number of carbonyl (C=O) groups excluding carboxylic acids is 1. The summed E-state index contributed by atoms with van der Waals surface area (Å²) in [5.41, 5.74) is 0. The highest BCUT2D eigenvalue weighted by Gasteiger charge is 2.39. The van der Waals surface area contributed by atoms with Crippen LogP contribution in [0.2, 0.25) is 0 Å². The van der Waals surface area contributed by atoms with E-state index in [1.807, 2.05) is 36.3 Å². The first-order valence-corrected chi connectivity index (χ1v) is 8.63. The Hall–Kier alpha value is -1.73. The molecule has 1 saturated heterocycles. The zero-order valence-corrected chi connectivity index (χ0v) is 14.4. The van der Waals surface area contributed by atoms with Gasteiger partial charge in [-0.15, -0.1) is 21.5 Å². The Morgan fingerprint density at radius 2 is 2.30 bits per heavy atom. The highest BCUT2D eigenvalue weighted by molar-refractivity contribution is 7.12. The maximum atomic E-state index is 12.6. The molecule has 0 aliphatic carbocycles. The average Bonchev–Trinajstić information content (AvgIpc) is 3.26. The molecule has 0 saturated carbocycles. The van der Waals surface area contributed by atoms with Crippen molar-refractivity contribution in [1.29, 1.82) is 0 Å². The van der Waals surface area contributed by atoms with E-state index in [9.17, 15) is 4.79 Å². The summed E-state index contributed by atoms with van der Waals surface area (Å²) < 4.78 is 11.1. The largest absolute Gasteiger partial charge is 0.425 e. The number of methoxy groups -OCH3 is 1. The second-order valence-corrected chi connectivity index (χ2v) is 7.09. The summed E-state index contributed by atoms with van der Waals surface area (Å²) in [6.07, 6.45) is 0. The minimum absolute atomic E-state index is 0.0267. The van der Waals surface area contributed by atoms with E-state index in [-0.39, 0.29) is 23.7 Å². The van der Waals surface area contributed by atoms with E-state index in [4.69, 9.17) is 9.15 Å². The van der Waals surface area contributed by atoms with E-state index >= 15 is 0 Å². The fourth-order valence-electron chi connectivity index (χ4n) is 2.89. The molecule has 1 fully saturated rings. The molecule has 1 aliphatic heterocycles. The van der Waals surface area contributed by atoms with Gasteiger partial charge in [0, 0.05) is 32.0 Å². The van der Waals surface area contributed by atoms with E-state index in [1.165, 1.54) is 11.3 Å². The first-order valence-electron chi connectivity index (χ1n) is 7.75. The fourth-order valence-corrected chi connectivity index (χ4v) is 3.58. The van der Waals surface area contributed by atoms with Crippen molar-refractivity contribution in [2.24, 2.45) is 5.92 Å². The molecule has 0 N–H and O–H groups in total. The highest BCUT2D eigenvalue weighted by Crippen LogP contribution is 2.34. The molecule has 23 heavy (non-hydrogen) atoms. The van der Waals surface area contributed by atoms with Crippen molar-refractivity contribution in [3.63, 3.8) is 0 Å². The number of carbonyl (C=O) groups is 1. The van der Waals surface area contributed by atoms with Crippen LogP contribution in [0.5, 0.6) is 0 Å². The lowest BCUT2D eigenvalue weighted by Gasteiger charge is -2.14. The van der Waals surface area contributed by atoms with Crippen LogP contribution in [0, 0.1) is 5.92 Å². The molecule has 6 nitrogen and oxygen atoms in total. The number of rotatable bonds is 5. The predicted octanol–water partition coefficient (Wildman–Crippen LogP) is 2.76. The summed E-state index contributed by atoms with van der Waals surface area (Å²) in [7, 11) is 1.67. The van der Waals surface area contributed by atoms with Crippen LogP contribution in [-0.4, -0.2) is 47.8 Å². The Bertz CT molecular complexity index is 653. The predicted molar refractivity (Wildman–Crippen MR) is 86.7 cm³/mol. The smallest absolute Gasteiger partial charge is 0.263 e. The van der Waals surface area contributed by atoms with Gasteiger partial charge < -0.3 is 14.1 Å². The molecule has 1 aliphatic rings. The highest BCUT2D eigenvalue weighted by atomic mass is 32.1. The van der Waals surface area contributed by atoms with Crippen LogP contribution >= 0.6 is 11.3 Å². The van der Waals surface area contributed by atoms with Gasteiger partial charge >= 0.3 is 0 Å². The number of aromatic nitrogens is 2. The lowest BCUT2D eigenvalue weighted by Crippen LogP contribution is -2.28. The topological polar surface area (TPSA) is 68.5 Å². The molecule has 124 valence electrons. The fraction of sp³-hybridized carbons (Fsp3) is 0.562. The van der Waals surface area contributed by atoms with Gasteiger partial charge in [0.25, 0.3) is 5.91 Å². The SMILES string of the molecule is COC[C@@H]1CN(C(=O)c2cccs2)C[C@H]1c1nnc(C(C)C)o1. The number of amides is 1. The van der Waals surface area contributed by atoms with E-state index in [0.29, 0.717) is 31.5 Å². The van der Waals surface area contributed by atoms with Crippen molar-refractivity contribution in [1.82, 2.24) is 15.1 Å². The Morgan fingerprint density at radius 3 is 2.91 bits per heavy atom.